The van der Waals surface area contributed by atoms with Gasteiger partial charge in [0.2, 0.25) is 0 Å². The molecule has 2 heterocycles. The molecule has 3 aromatic carbocycles. The van der Waals surface area contributed by atoms with Gasteiger partial charge in [-0.1, -0.05) is 103 Å². The van der Waals surface area contributed by atoms with Crippen molar-refractivity contribution >= 4 is 18.0 Å². The van der Waals surface area contributed by atoms with Crippen LogP contribution in [-0.2, 0) is 67.2 Å². The fourth-order valence-electron chi connectivity index (χ4n) is 7.22. The van der Waals surface area contributed by atoms with E-state index in [-0.39, 0.29) is 26.4 Å². The molecule has 0 radical (unpaired) electrons. The van der Waals surface area contributed by atoms with Gasteiger partial charge in [-0.25, -0.2) is 4.79 Å². The Morgan fingerprint density at radius 3 is 1.98 bits per heavy atom. The molecule has 2 N–H and O–H groups in total. The van der Waals surface area contributed by atoms with E-state index in [0.29, 0.717) is 32.4 Å². The minimum absolute atomic E-state index is 0.0361. The summed E-state index contributed by atoms with van der Waals surface area (Å²) in [5.41, 5.74) is 12.3. The zero-order chi connectivity index (χ0) is 43.6. The van der Waals surface area contributed by atoms with E-state index in [2.05, 4.69) is 10.0 Å². The number of aliphatic hydroxyl groups is 2. The fraction of sp³-hybridized carbons (Fsp3) is 0.523. The molecule has 2 aliphatic heterocycles. The van der Waals surface area contributed by atoms with Crippen molar-refractivity contribution in [2.75, 3.05) is 26.4 Å². The van der Waals surface area contributed by atoms with Gasteiger partial charge in [-0.2, -0.15) is 0 Å². The molecule has 10 atom stereocenters. The van der Waals surface area contributed by atoms with Crippen molar-refractivity contribution in [1.29, 1.82) is 0 Å². The van der Waals surface area contributed by atoms with E-state index < -0.39 is 85.8 Å². The predicted molar refractivity (Wildman–Crippen MR) is 218 cm³/mol. The number of rotatable bonds is 21. The Morgan fingerprint density at radius 2 is 1.38 bits per heavy atom. The molecule has 2 aliphatic rings. The number of nitrogens with zero attached hydrogens (tertiary/aromatic N) is 4. The molecule has 5 rings (SSSR count). The predicted octanol–water partition coefficient (Wildman–Crippen LogP) is 5.60. The van der Waals surface area contributed by atoms with Gasteiger partial charge in [-0.3, -0.25) is 9.59 Å². The summed E-state index contributed by atoms with van der Waals surface area (Å²) in [7, 11) is 0. The lowest BCUT2D eigenvalue weighted by Crippen LogP contribution is -2.64. The Labute approximate surface area is 355 Å². The SMILES string of the molecule is CC(=O)OCC1O[C@H](OCCCCCN(Cc2ccccc2)C(=O)OCc2ccccc2)C(N=[N+]=[N-])[C@@H](C)[C@@H]1O[C@@H]1OC(CO)[C@@H](O)[C@@H](OCc2ccccc2)C1OC(C)=O. The van der Waals surface area contributed by atoms with Gasteiger partial charge in [-0.15, -0.1) is 0 Å². The summed E-state index contributed by atoms with van der Waals surface area (Å²) in [5.74, 6) is -1.95. The third-order valence-electron chi connectivity index (χ3n) is 10.4. The first-order valence-corrected chi connectivity index (χ1v) is 20.4. The van der Waals surface area contributed by atoms with Crippen LogP contribution in [0.15, 0.2) is 96.1 Å². The standard InChI is InChI=1S/C44H56N4O13/c1-29-37(46-47-45)42(54-23-15-7-14-22-48(24-32-16-8-4-9-17-32)44(53)57-27-34-20-12-6-13-21-34)60-36(28-55-30(2)50)39(29)61-43-41(58-31(3)51)40(38(52)35(25-49)59-43)56-26-33-18-10-5-11-19-33/h4-6,8-13,16-21,29,35-43,49,52H,7,14-15,22-28H2,1-3H3/t29-,35?,36?,37?,38-,39+,40-,41?,42+,43+/m1/s1. The van der Waals surface area contributed by atoms with E-state index in [1.54, 1.807) is 11.8 Å². The normalized spacial score (nSPS) is 26.0. The maximum atomic E-state index is 13.2. The monoisotopic (exact) mass is 848 g/mol. The van der Waals surface area contributed by atoms with Crippen LogP contribution in [-0.4, -0.2) is 115 Å². The molecule has 0 aliphatic carbocycles. The first-order chi connectivity index (χ1) is 29.6. The number of aliphatic hydroxyl groups excluding tert-OH is 2. The van der Waals surface area contributed by atoms with Crippen molar-refractivity contribution in [3.05, 3.63) is 118 Å². The van der Waals surface area contributed by atoms with E-state index in [1.807, 2.05) is 91.0 Å². The van der Waals surface area contributed by atoms with Crippen LogP contribution in [0.2, 0.25) is 0 Å². The number of amides is 1. The van der Waals surface area contributed by atoms with Gasteiger partial charge in [0, 0.05) is 38.5 Å². The van der Waals surface area contributed by atoms with Crippen LogP contribution in [0.5, 0.6) is 0 Å². The van der Waals surface area contributed by atoms with Crippen LogP contribution in [0, 0.1) is 5.92 Å². The maximum Gasteiger partial charge on any atom is 0.410 e. The number of ether oxygens (including phenoxy) is 8. The summed E-state index contributed by atoms with van der Waals surface area (Å²) < 4.78 is 47.7. The zero-order valence-corrected chi connectivity index (χ0v) is 34.7. The molecule has 2 saturated heterocycles. The number of benzene rings is 3. The van der Waals surface area contributed by atoms with Gasteiger partial charge in [0.05, 0.1) is 25.4 Å². The highest BCUT2D eigenvalue weighted by Crippen LogP contribution is 2.36. The highest BCUT2D eigenvalue weighted by atomic mass is 16.7. The van der Waals surface area contributed by atoms with Gasteiger partial charge < -0.3 is 53.0 Å². The van der Waals surface area contributed by atoms with Crippen molar-refractivity contribution in [2.45, 2.75) is 115 Å². The van der Waals surface area contributed by atoms with Crippen LogP contribution in [0.25, 0.3) is 10.4 Å². The minimum Gasteiger partial charge on any atom is -0.463 e. The molecule has 330 valence electrons. The second kappa shape index (κ2) is 24.4. The van der Waals surface area contributed by atoms with Crippen LogP contribution < -0.4 is 0 Å². The molecule has 2 fully saturated rings. The molecule has 3 aromatic rings. The number of esters is 2. The number of hydrogen-bond acceptors (Lipinski definition) is 14. The van der Waals surface area contributed by atoms with Crippen LogP contribution in [0.1, 0.15) is 56.7 Å². The number of unbranched alkanes of at least 4 members (excludes halogenated alkanes) is 2. The van der Waals surface area contributed by atoms with E-state index >= 15 is 0 Å². The first kappa shape index (κ1) is 47.0. The molecule has 61 heavy (non-hydrogen) atoms. The summed E-state index contributed by atoms with van der Waals surface area (Å²) in [6.07, 6.45) is -8.14. The zero-order valence-electron chi connectivity index (χ0n) is 34.7. The number of carbonyl (C=O) groups is 3. The molecule has 4 unspecified atom stereocenters. The van der Waals surface area contributed by atoms with Crippen LogP contribution in [0.4, 0.5) is 4.79 Å². The number of carbonyl (C=O) groups excluding carboxylic acids is 3. The van der Waals surface area contributed by atoms with Crippen molar-refractivity contribution < 1.29 is 62.5 Å². The van der Waals surface area contributed by atoms with E-state index in [0.717, 1.165) is 16.7 Å². The molecule has 0 spiro atoms. The lowest BCUT2D eigenvalue weighted by molar-refractivity contribution is -0.346. The summed E-state index contributed by atoms with van der Waals surface area (Å²) >= 11 is 0. The molecule has 17 heteroatoms. The van der Waals surface area contributed by atoms with Crippen LogP contribution in [0.3, 0.4) is 0 Å². The van der Waals surface area contributed by atoms with E-state index in [9.17, 15) is 30.1 Å². The second-order valence-electron chi connectivity index (χ2n) is 14.9. The fourth-order valence-corrected chi connectivity index (χ4v) is 7.22. The number of azide groups is 1. The third-order valence-corrected chi connectivity index (χ3v) is 10.4. The number of hydrogen-bond donors (Lipinski definition) is 2. The summed E-state index contributed by atoms with van der Waals surface area (Å²) in [6, 6.07) is 27.3. The smallest absolute Gasteiger partial charge is 0.410 e. The van der Waals surface area contributed by atoms with Crippen molar-refractivity contribution in [1.82, 2.24) is 4.90 Å². The molecular formula is C44H56N4O13. The van der Waals surface area contributed by atoms with Gasteiger partial charge >= 0.3 is 18.0 Å². The van der Waals surface area contributed by atoms with E-state index in [1.165, 1.54) is 13.8 Å². The molecule has 0 saturated carbocycles. The van der Waals surface area contributed by atoms with Gasteiger partial charge in [0.1, 0.15) is 37.6 Å². The Morgan fingerprint density at radius 1 is 0.754 bits per heavy atom. The summed E-state index contributed by atoms with van der Waals surface area (Å²) in [6.45, 7) is 4.49. The molecule has 0 aromatic heterocycles. The molecular weight excluding hydrogens is 792 g/mol. The van der Waals surface area contributed by atoms with Gasteiger partial charge in [0.15, 0.2) is 18.7 Å². The molecule has 0 bridgehead atoms. The van der Waals surface area contributed by atoms with Crippen molar-refractivity contribution in [3.63, 3.8) is 0 Å². The average molecular weight is 849 g/mol. The largest absolute Gasteiger partial charge is 0.463 e. The average Bonchev–Trinajstić information content (AvgIpc) is 3.26. The van der Waals surface area contributed by atoms with Gasteiger partial charge in [0.25, 0.3) is 0 Å². The summed E-state index contributed by atoms with van der Waals surface area (Å²) in [5, 5.41) is 25.4. The topological polar surface area (TPSA) is 218 Å². The lowest BCUT2D eigenvalue weighted by atomic mass is 9.88. The maximum absolute atomic E-state index is 13.2. The Bertz CT molecular complexity index is 1840. The van der Waals surface area contributed by atoms with Gasteiger partial charge in [-0.05, 0) is 47.4 Å². The highest BCUT2D eigenvalue weighted by Gasteiger charge is 2.52. The van der Waals surface area contributed by atoms with E-state index in [4.69, 9.17) is 37.9 Å². The summed E-state index contributed by atoms with van der Waals surface area (Å²) in [4.78, 5) is 42.3. The third kappa shape index (κ3) is 14.2. The second-order valence-corrected chi connectivity index (χ2v) is 14.9. The van der Waals surface area contributed by atoms with Crippen molar-refractivity contribution in [3.8, 4) is 0 Å². The van der Waals surface area contributed by atoms with Crippen LogP contribution >= 0.6 is 0 Å². The lowest BCUT2D eigenvalue weighted by Gasteiger charge is -2.48. The molecule has 17 nitrogen and oxygen atoms in total. The minimum atomic E-state index is -1.41. The Hall–Kier alpha value is -5.10. The highest BCUT2D eigenvalue weighted by molar-refractivity contribution is 5.68. The first-order valence-electron chi connectivity index (χ1n) is 20.4. The molecule has 1 amide bonds. The Balaban J connectivity index is 1.23. The van der Waals surface area contributed by atoms with Crippen molar-refractivity contribution in [2.24, 2.45) is 11.0 Å². The Kier molecular flexibility index (Phi) is 18.8. The quantitative estimate of drug-likeness (QED) is 0.0334.